The Morgan fingerprint density at radius 1 is 0.914 bits per heavy atom. The van der Waals surface area contributed by atoms with E-state index >= 15 is 0 Å². The first-order valence-corrected chi connectivity index (χ1v) is 11.1. The Hall–Kier alpha value is -3.88. The van der Waals surface area contributed by atoms with Crippen molar-refractivity contribution < 1.29 is 27.2 Å². The van der Waals surface area contributed by atoms with Gasteiger partial charge >= 0.3 is 12.2 Å². The number of anilines is 2. The van der Waals surface area contributed by atoms with Crippen LogP contribution in [0, 0.1) is 5.82 Å². The van der Waals surface area contributed by atoms with Gasteiger partial charge in [0.15, 0.2) is 0 Å². The Bertz CT molecular complexity index is 1210. The molecule has 0 spiro atoms. The smallest absolute Gasteiger partial charge is 0.326 e. The van der Waals surface area contributed by atoms with Crippen LogP contribution < -0.4 is 10.2 Å². The summed E-state index contributed by atoms with van der Waals surface area (Å²) in [7, 11) is 0. The summed E-state index contributed by atoms with van der Waals surface area (Å²) in [6.45, 7) is 0.942. The minimum Gasteiger partial charge on any atom is -0.326 e. The van der Waals surface area contributed by atoms with Crippen molar-refractivity contribution >= 4 is 23.3 Å². The van der Waals surface area contributed by atoms with Gasteiger partial charge in [0.2, 0.25) is 5.91 Å². The first kappa shape index (κ1) is 24.3. The van der Waals surface area contributed by atoms with E-state index in [2.05, 4.69) is 5.32 Å². The highest BCUT2D eigenvalue weighted by Gasteiger charge is 2.31. The molecule has 0 bridgehead atoms. The Morgan fingerprint density at radius 3 is 2.40 bits per heavy atom. The lowest BCUT2D eigenvalue weighted by molar-refractivity contribution is -0.137. The number of halogens is 4. The fourth-order valence-electron chi connectivity index (χ4n) is 3.98. The SMILES string of the molecule is O=C(Cc1ccc(F)cc1)Nc1cccc(N2CCCN(Cc3cccc(C(F)(F)F)c3)C2=O)c1. The van der Waals surface area contributed by atoms with Gasteiger partial charge in [-0.25, -0.2) is 9.18 Å². The fraction of sp³-hybridized carbons (Fsp3) is 0.231. The summed E-state index contributed by atoms with van der Waals surface area (Å²) >= 11 is 0. The number of amides is 3. The molecule has 1 fully saturated rings. The number of nitrogens with one attached hydrogen (secondary N) is 1. The maximum Gasteiger partial charge on any atom is 0.416 e. The van der Waals surface area contributed by atoms with E-state index in [-0.39, 0.29) is 30.7 Å². The van der Waals surface area contributed by atoms with Crippen LogP contribution in [0.2, 0.25) is 0 Å². The number of nitrogens with zero attached hydrogens (tertiary/aromatic N) is 2. The van der Waals surface area contributed by atoms with Crippen molar-refractivity contribution in [3.63, 3.8) is 0 Å². The third kappa shape index (κ3) is 6.17. The number of benzene rings is 3. The van der Waals surface area contributed by atoms with Gasteiger partial charge in [0.25, 0.3) is 0 Å². The van der Waals surface area contributed by atoms with Crippen LogP contribution in [-0.4, -0.2) is 29.9 Å². The van der Waals surface area contributed by atoms with Gasteiger partial charge in [-0.15, -0.1) is 0 Å². The first-order valence-electron chi connectivity index (χ1n) is 11.1. The summed E-state index contributed by atoms with van der Waals surface area (Å²) in [4.78, 5) is 28.6. The van der Waals surface area contributed by atoms with Crippen molar-refractivity contribution in [3.05, 3.63) is 95.3 Å². The fourth-order valence-corrected chi connectivity index (χ4v) is 3.98. The van der Waals surface area contributed by atoms with Crippen LogP contribution in [0.25, 0.3) is 0 Å². The number of hydrogen-bond donors (Lipinski definition) is 1. The van der Waals surface area contributed by atoms with Gasteiger partial charge in [-0.05, 0) is 60.0 Å². The molecule has 3 aromatic rings. The molecule has 1 aliphatic heterocycles. The molecule has 0 aromatic heterocycles. The van der Waals surface area contributed by atoms with Crippen LogP contribution in [0.4, 0.5) is 33.7 Å². The quantitative estimate of drug-likeness (QED) is 0.445. The second-order valence-electron chi connectivity index (χ2n) is 8.31. The molecule has 0 saturated carbocycles. The molecule has 9 heteroatoms. The van der Waals surface area contributed by atoms with Crippen molar-refractivity contribution in [2.24, 2.45) is 0 Å². The molecular weight excluding hydrogens is 462 g/mol. The van der Waals surface area contributed by atoms with Gasteiger partial charge in [0, 0.05) is 31.0 Å². The summed E-state index contributed by atoms with van der Waals surface area (Å²) in [5, 5.41) is 2.78. The van der Waals surface area contributed by atoms with E-state index in [1.807, 2.05) is 0 Å². The molecule has 5 nitrogen and oxygen atoms in total. The van der Waals surface area contributed by atoms with Crippen molar-refractivity contribution in [2.45, 2.75) is 25.6 Å². The van der Waals surface area contributed by atoms with Crippen molar-refractivity contribution in [1.29, 1.82) is 0 Å². The zero-order valence-corrected chi connectivity index (χ0v) is 18.7. The van der Waals surface area contributed by atoms with Crippen LogP contribution in [0.15, 0.2) is 72.8 Å². The normalized spacial score (nSPS) is 14.2. The average molecular weight is 485 g/mol. The highest BCUT2D eigenvalue weighted by atomic mass is 19.4. The van der Waals surface area contributed by atoms with E-state index < -0.39 is 11.7 Å². The first-order chi connectivity index (χ1) is 16.7. The highest BCUT2D eigenvalue weighted by Crippen LogP contribution is 2.30. The number of rotatable bonds is 6. The van der Waals surface area contributed by atoms with E-state index in [9.17, 15) is 27.2 Å². The van der Waals surface area contributed by atoms with Gasteiger partial charge in [0.05, 0.1) is 12.0 Å². The number of hydrogen-bond acceptors (Lipinski definition) is 2. The minimum atomic E-state index is -4.45. The predicted molar refractivity (Wildman–Crippen MR) is 124 cm³/mol. The number of carbonyl (C=O) groups excluding carboxylic acids is 2. The van der Waals surface area contributed by atoms with Crippen molar-refractivity contribution in [2.75, 3.05) is 23.3 Å². The minimum absolute atomic E-state index is 0.0628. The lowest BCUT2D eigenvalue weighted by atomic mass is 10.1. The molecule has 0 unspecified atom stereocenters. The van der Waals surface area contributed by atoms with E-state index in [4.69, 9.17) is 0 Å². The second kappa shape index (κ2) is 10.2. The molecule has 0 radical (unpaired) electrons. The van der Waals surface area contributed by atoms with Crippen LogP contribution in [0.1, 0.15) is 23.1 Å². The number of carbonyl (C=O) groups is 2. The topological polar surface area (TPSA) is 52.7 Å². The number of alkyl halides is 3. The van der Waals surface area contributed by atoms with Gasteiger partial charge in [0.1, 0.15) is 5.82 Å². The van der Waals surface area contributed by atoms with Gasteiger partial charge < -0.3 is 10.2 Å². The molecule has 1 heterocycles. The molecule has 4 rings (SSSR count). The van der Waals surface area contributed by atoms with Crippen LogP contribution >= 0.6 is 0 Å². The third-order valence-corrected chi connectivity index (χ3v) is 5.66. The average Bonchev–Trinajstić information content (AvgIpc) is 2.82. The summed E-state index contributed by atoms with van der Waals surface area (Å²) < 4.78 is 52.2. The van der Waals surface area contributed by atoms with E-state index in [0.717, 1.165) is 12.1 Å². The largest absolute Gasteiger partial charge is 0.416 e. The maximum absolute atomic E-state index is 13.1. The van der Waals surface area contributed by atoms with E-state index in [1.54, 1.807) is 35.2 Å². The molecule has 1 aliphatic rings. The zero-order valence-electron chi connectivity index (χ0n) is 18.7. The molecule has 0 atom stereocenters. The Kier molecular flexibility index (Phi) is 7.04. The monoisotopic (exact) mass is 485 g/mol. The lowest BCUT2D eigenvalue weighted by Gasteiger charge is -2.36. The molecule has 1 saturated heterocycles. The standard InChI is InChI=1S/C26H23F4N3O2/c27-21-10-8-18(9-11-21)15-24(34)31-22-6-2-7-23(16-22)33-13-3-12-32(25(33)35)17-19-4-1-5-20(14-19)26(28,29)30/h1-2,4-11,14,16H,3,12-13,15,17H2,(H,31,34). The predicted octanol–water partition coefficient (Wildman–Crippen LogP) is 5.86. The molecular formula is C26H23F4N3O2. The summed E-state index contributed by atoms with van der Waals surface area (Å²) in [5.41, 5.74) is 1.38. The highest BCUT2D eigenvalue weighted by molar-refractivity contribution is 5.95. The zero-order chi connectivity index (χ0) is 25.0. The summed E-state index contributed by atoms with van der Waals surface area (Å²) in [6, 6.07) is 17.1. The van der Waals surface area contributed by atoms with Gasteiger partial charge in [-0.3, -0.25) is 9.69 Å². The van der Waals surface area contributed by atoms with Crippen LogP contribution in [0.3, 0.4) is 0 Å². The van der Waals surface area contributed by atoms with Crippen molar-refractivity contribution in [1.82, 2.24) is 4.90 Å². The molecule has 3 amide bonds. The van der Waals surface area contributed by atoms with Gasteiger partial charge in [-0.2, -0.15) is 13.2 Å². The van der Waals surface area contributed by atoms with Gasteiger partial charge in [-0.1, -0.05) is 30.3 Å². The van der Waals surface area contributed by atoms with Crippen LogP contribution in [-0.2, 0) is 23.9 Å². The molecule has 182 valence electrons. The van der Waals surface area contributed by atoms with Crippen LogP contribution in [0.5, 0.6) is 0 Å². The van der Waals surface area contributed by atoms with E-state index in [1.165, 1.54) is 35.2 Å². The summed E-state index contributed by atoms with van der Waals surface area (Å²) in [5.74, 6) is -0.667. The molecule has 35 heavy (non-hydrogen) atoms. The second-order valence-corrected chi connectivity index (χ2v) is 8.31. The van der Waals surface area contributed by atoms with Crippen molar-refractivity contribution in [3.8, 4) is 0 Å². The molecule has 3 aromatic carbocycles. The number of urea groups is 1. The Labute approximate surface area is 200 Å². The lowest BCUT2D eigenvalue weighted by Crippen LogP contribution is -2.49. The third-order valence-electron chi connectivity index (χ3n) is 5.66. The Morgan fingerprint density at radius 2 is 1.66 bits per heavy atom. The Balaban J connectivity index is 1.43. The maximum atomic E-state index is 13.1. The molecule has 1 N–H and O–H groups in total. The van der Waals surface area contributed by atoms with E-state index in [0.29, 0.717) is 42.0 Å². The summed E-state index contributed by atoms with van der Waals surface area (Å²) in [6.07, 6.45) is -3.74. The molecule has 0 aliphatic carbocycles.